The van der Waals surface area contributed by atoms with Crippen molar-refractivity contribution in [1.82, 2.24) is 14.9 Å². The molecule has 1 saturated carbocycles. The van der Waals surface area contributed by atoms with Gasteiger partial charge in [-0.25, -0.2) is 9.97 Å². The Kier molecular flexibility index (Phi) is 6.41. The van der Waals surface area contributed by atoms with E-state index in [4.69, 9.17) is 11.1 Å². The molecule has 178 valence electrons. The molecule has 2 fully saturated rings. The third kappa shape index (κ3) is 4.72. The number of piperidine rings is 1. The third-order valence-electron chi connectivity index (χ3n) is 6.59. The number of likely N-dealkylation sites (tertiary alicyclic amines) is 1. The van der Waals surface area contributed by atoms with E-state index in [1.54, 1.807) is 0 Å². The molecule has 0 spiro atoms. The van der Waals surface area contributed by atoms with E-state index in [9.17, 15) is 4.79 Å². The molecule has 0 radical (unpaired) electrons. The number of nitrogen functional groups attached to an aromatic ring is 1. The van der Waals surface area contributed by atoms with Crippen LogP contribution in [0, 0.1) is 11.3 Å². The number of carbonyl (C=O) groups excluding carboxylic acids is 1. The summed E-state index contributed by atoms with van der Waals surface area (Å²) in [5.74, 6) is 1.19. The molecule has 1 aliphatic heterocycles. The van der Waals surface area contributed by atoms with Gasteiger partial charge < -0.3 is 20.7 Å². The second kappa shape index (κ2) is 9.79. The molecule has 2 heterocycles. The number of hydrogen-bond donors (Lipinski definition) is 4. The van der Waals surface area contributed by atoms with Crippen LogP contribution in [-0.4, -0.2) is 45.1 Å². The molecule has 3 atom stereocenters. The Labute approximate surface area is 208 Å². The lowest BCUT2D eigenvalue weighted by Crippen LogP contribution is -2.47. The molecule has 2 aromatic carbocycles. The van der Waals surface area contributed by atoms with Crippen molar-refractivity contribution >= 4 is 40.9 Å². The summed E-state index contributed by atoms with van der Waals surface area (Å²) >= 11 is 1.51. The number of nitrogens with two attached hydrogens (primary N) is 1. The Morgan fingerprint density at radius 2 is 1.91 bits per heavy atom. The number of nitrogens with one attached hydrogen (secondary N) is 3. The molecule has 1 saturated heterocycles. The van der Waals surface area contributed by atoms with Gasteiger partial charge in [-0.15, -0.1) is 0 Å². The molecule has 2 bridgehead atoms. The molecular formula is C26H27N7OS. The quantitative estimate of drug-likeness (QED) is 0.215. The van der Waals surface area contributed by atoms with E-state index in [0.29, 0.717) is 17.3 Å². The smallest absolute Gasteiger partial charge is 0.246 e. The first-order valence-corrected chi connectivity index (χ1v) is 12.3. The summed E-state index contributed by atoms with van der Waals surface area (Å²) in [5, 5.41) is 12.4. The molecule has 35 heavy (non-hydrogen) atoms. The zero-order chi connectivity index (χ0) is 24.4. The highest BCUT2D eigenvalue weighted by atomic mass is 32.2. The lowest BCUT2D eigenvalue weighted by Gasteiger charge is -2.33. The lowest BCUT2D eigenvalue weighted by atomic mass is 10.0. The number of anilines is 3. The van der Waals surface area contributed by atoms with Crippen LogP contribution in [0.3, 0.4) is 0 Å². The van der Waals surface area contributed by atoms with Crippen molar-refractivity contribution < 1.29 is 4.79 Å². The van der Waals surface area contributed by atoms with E-state index in [1.165, 1.54) is 24.4 Å². The third-order valence-corrected chi connectivity index (χ3v) is 7.44. The van der Waals surface area contributed by atoms with Crippen molar-refractivity contribution in [3.63, 3.8) is 0 Å². The van der Waals surface area contributed by atoms with Crippen LogP contribution < -0.4 is 15.8 Å². The Morgan fingerprint density at radius 3 is 2.63 bits per heavy atom. The number of aromatic nitrogens is 2. The van der Waals surface area contributed by atoms with Crippen molar-refractivity contribution in [3.8, 4) is 0 Å². The predicted molar refractivity (Wildman–Crippen MR) is 141 cm³/mol. The SMILES string of the molecule is C=CC(=O)N1CC2CC(Nc3ncnc(N)c3C(=N)c3ccc(SNc4ccccc4)cc3)C1C2. The van der Waals surface area contributed by atoms with E-state index in [-0.39, 0.29) is 29.5 Å². The highest BCUT2D eigenvalue weighted by Crippen LogP contribution is 2.39. The molecule has 8 nitrogen and oxygen atoms in total. The molecule has 2 aliphatic rings. The fourth-order valence-corrected chi connectivity index (χ4v) is 5.58. The molecule has 5 N–H and O–H groups in total. The van der Waals surface area contributed by atoms with Gasteiger partial charge in [-0.3, -0.25) is 10.2 Å². The summed E-state index contributed by atoms with van der Waals surface area (Å²) in [6.45, 7) is 4.40. The van der Waals surface area contributed by atoms with Crippen LogP contribution in [0.5, 0.6) is 0 Å². The van der Waals surface area contributed by atoms with Crippen LogP contribution in [0.25, 0.3) is 0 Å². The molecular weight excluding hydrogens is 458 g/mol. The largest absolute Gasteiger partial charge is 0.383 e. The van der Waals surface area contributed by atoms with Gasteiger partial charge in [-0.1, -0.05) is 36.9 Å². The number of rotatable bonds is 8. The fourth-order valence-electron chi connectivity index (χ4n) is 4.94. The first-order valence-electron chi connectivity index (χ1n) is 11.5. The van der Waals surface area contributed by atoms with Crippen molar-refractivity contribution in [3.05, 3.63) is 84.7 Å². The normalized spacial score (nSPS) is 20.5. The van der Waals surface area contributed by atoms with Crippen LogP contribution in [0.1, 0.15) is 24.0 Å². The van der Waals surface area contributed by atoms with Gasteiger partial charge in [0.1, 0.15) is 18.0 Å². The van der Waals surface area contributed by atoms with E-state index in [1.807, 2.05) is 59.5 Å². The van der Waals surface area contributed by atoms with E-state index >= 15 is 0 Å². The average Bonchev–Trinajstić information content (AvgIpc) is 3.48. The second-order valence-corrected chi connectivity index (χ2v) is 9.68. The predicted octanol–water partition coefficient (Wildman–Crippen LogP) is 4.18. The van der Waals surface area contributed by atoms with Gasteiger partial charge >= 0.3 is 0 Å². The van der Waals surface area contributed by atoms with Crippen LogP contribution >= 0.6 is 11.9 Å². The number of para-hydroxylation sites is 1. The van der Waals surface area contributed by atoms with E-state index < -0.39 is 0 Å². The van der Waals surface area contributed by atoms with Crippen molar-refractivity contribution in [1.29, 1.82) is 5.41 Å². The monoisotopic (exact) mass is 485 g/mol. The molecule has 1 aromatic heterocycles. The Bertz CT molecular complexity index is 1250. The number of benzene rings is 2. The maximum atomic E-state index is 12.3. The average molecular weight is 486 g/mol. The van der Waals surface area contributed by atoms with Gasteiger partial charge in [0.2, 0.25) is 5.91 Å². The van der Waals surface area contributed by atoms with Gasteiger partial charge in [-0.2, -0.15) is 0 Å². The van der Waals surface area contributed by atoms with Gasteiger partial charge in [0.05, 0.1) is 17.3 Å². The van der Waals surface area contributed by atoms with Gasteiger partial charge in [0.25, 0.3) is 0 Å². The standard InChI is InChI=1S/C26H27N7OS/c1-2-22(34)33-14-16-12-20(21(33)13-16)31-26-23(25(28)29-15-30-26)24(27)17-8-10-19(11-9-17)35-32-18-6-4-3-5-7-18/h2-11,15-16,20-21,27,32H,1,12-14H2,(H3,28,29,30,31). The first-order chi connectivity index (χ1) is 17.0. The molecule has 9 heteroatoms. The zero-order valence-electron chi connectivity index (χ0n) is 19.1. The molecule has 5 rings (SSSR count). The fraction of sp³-hybridized carbons (Fsp3) is 0.231. The molecule has 1 aliphatic carbocycles. The maximum absolute atomic E-state index is 12.3. The minimum Gasteiger partial charge on any atom is -0.383 e. The number of amides is 1. The zero-order valence-corrected chi connectivity index (χ0v) is 20.0. The Hall–Kier alpha value is -3.85. The van der Waals surface area contributed by atoms with E-state index in [0.717, 1.165) is 35.5 Å². The summed E-state index contributed by atoms with van der Waals surface area (Å²) in [6, 6.07) is 17.8. The summed E-state index contributed by atoms with van der Waals surface area (Å²) in [4.78, 5) is 23.7. The van der Waals surface area contributed by atoms with Crippen LogP contribution in [-0.2, 0) is 4.79 Å². The second-order valence-electron chi connectivity index (χ2n) is 8.80. The first kappa shape index (κ1) is 22.9. The van der Waals surface area contributed by atoms with Crippen molar-refractivity contribution in [2.24, 2.45) is 5.92 Å². The summed E-state index contributed by atoms with van der Waals surface area (Å²) < 4.78 is 3.31. The van der Waals surface area contributed by atoms with Crippen LogP contribution in [0.15, 0.2) is 78.5 Å². The Morgan fingerprint density at radius 1 is 1.14 bits per heavy atom. The number of nitrogens with zero attached hydrogens (tertiary/aromatic N) is 3. The maximum Gasteiger partial charge on any atom is 0.246 e. The van der Waals surface area contributed by atoms with Gasteiger partial charge in [0, 0.05) is 28.7 Å². The van der Waals surface area contributed by atoms with Crippen molar-refractivity contribution in [2.45, 2.75) is 29.8 Å². The van der Waals surface area contributed by atoms with Gasteiger partial charge in [0.15, 0.2) is 0 Å². The summed E-state index contributed by atoms with van der Waals surface area (Å²) in [5.41, 5.74) is 8.69. The summed E-state index contributed by atoms with van der Waals surface area (Å²) in [7, 11) is 0. The number of hydrogen-bond acceptors (Lipinski definition) is 8. The minimum absolute atomic E-state index is 0.0427. The Balaban J connectivity index is 1.32. The minimum atomic E-state index is -0.0427. The van der Waals surface area contributed by atoms with Crippen LogP contribution in [0.2, 0.25) is 0 Å². The lowest BCUT2D eigenvalue weighted by molar-refractivity contribution is -0.127. The van der Waals surface area contributed by atoms with Crippen molar-refractivity contribution in [2.75, 3.05) is 22.3 Å². The highest BCUT2D eigenvalue weighted by Gasteiger charge is 2.46. The summed E-state index contributed by atoms with van der Waals surface area (Å²) in [6.07, 6.45) is 4.69. The van der Waals surface area contributed by atoms with E-state index in [2.05, 4.69) is 26.6 Å². The topological polar surface area (TPSA) is 120 Å². The molecule has 1 amide bonds. The molecule has 3 unspecified atom stereocenters. The highest BCUT2D eigenvalue weighted by molar-refractivity contribution is 8.00. The van der Waals surface area contributed by atoms with Crippen LogP contribution in [0.4, 0.5) is 17.3 Å². The number of fused-ring (bicyclic) bond motifs is 2. The number of carbonyl (C=O) groups is 1. The van der Waals surface area contributed by atoms with Gasteiger partial charge in [-0.05, 0) is 61.0 Å². The molecule has 3 aromatic rings.